The van der Waals surface area contributed by atoms with Crippen LogP contribution in [0.2, 0.25) is 0 Å². The zero-order valence-electron chi connectivity index (χ0n) is 13.7. The summed E-state index contributed by atoms with van der Waals surface area (Å²) in [7, 11) is 0. The van der Waals surface area contributed by atoms with E-state index in [1.54, 1.807) is 12.1 Å². The third-order valence-electron chi connectivity index (χ3n) is 4.54. The number of nitrogens with zero attached hydrogens (tertiary/aromatic N) is 1. The summed E-state index contributed by atoms with van der Waals surface area (Å²) < 4.78 is 12.9. The molecule has 1 unspecified atom stereocenters. The van der Waals surface area contributed by atoms with Crippen molar-refractivity contribution in [3.05, 3.63) is 71.5 Å². The monoisotopic (exact) mass is 326 g/mol. The van der Waals surface area contributed by atoms with Crippen molar-refractivity contribution >= 4 is 5.91 Å². The highest BCUT2D eigenvalue weighted by Gasteiger charge is 2.23. The van der Waals surface area contributed by atoms with Gasteiger partial charge in [0.05, 0.1) is 12.5 Å². The van der Waals surface area contributed by atoms with Gasteiger partial charge in [-0.3, -0.25) is 9.69 Å². The third-order valence-corrected chi connectivity index (χ3v) is 4.54. The Labute approximate surface area is 142 Å². The minimum atomic E-state index is -0.280. The number of nitrogens with one attached hydrogen (secondary N) is 1. The Hall–Kier alpha value is -2.20. The first-order chi connectivity index (χ1) is 11.7. The molecule has 1 heterocycles. The van der Waals surface area contributed by atoms with Gasteiger partial charge in [-0.15, -0.1) is 0 Å². The smallest absolute Gasteiger partial charge is 0.224 e. The summed E-state index contributed by atoms with van der Waals surface area (Å²) in [5, 5.41) is 3.05. The summed E-state index contributed by atoms with van der Waals surface area (Å²) in [6, 6.07) is 16.6. The molecule has 2 aromatic rings. The molecule has 0 aromatic heterocycles. The van der Waals surface area contributed by atoms with E-state index in [0.29, 0.717) is 6.54 Å². The fourth-order valence-electron chi connectivity index (χ4n) is 3.25. The molecule has 1 saturated heterocycles. The van der Waals surface area contributed by atoms with Crippen LogP contribution in [0, 0.1) is 5.82 Å². The first-order valence-electron chi connectivity index (χ1n) is 8.52. The minimum Gasteiger partial charge on any atom is -0.354 e. The predicted octanol–water partition coefficient (Wildman–Crippen LogP) is 3.32. The summed E-state index contributed by atoms with van der Waals surface area (Å²) in [6.07, 6.45) is 2.71. The Balaban J connectivity index is 1.60. The molecule has 1 fully saturated rings. The van der Waals surface area contributed by atoms with Gasteiger partial charge in [0.1, 0.15) is 5.82 Å². The lowest BCUT2D eigenvalue weighted by Crippen LogP contribution is -2.37. The maximum Gasteiger partial charge on any atom is 0.224 e. The lowest BCUT2D eigenvalue weighted by Gasteiger charge is -2.28. The van der Waals surface area contributed by atoms with E-state index in [1.165, 1.54) is 30.5 Å². The summed E-state index contributed by atoms with van der Waals surface area (Å²) in [5.74, 6) is -0.306. The SMILES string of the molecule is O=C(Cc1ccc(F)cc1)NCC(c1ccccc1)N1CCCC1. The van der Waals surface area contributed by atoms with Gasteiger partial charge in [0.2, 0.25) is 5.91 Å². The molecular formula is C20H23FN2O. The molecule has 1 aliphatic heterocycles. The molecule has 4 heteroatoms. The van der Waals surface area contributed by atoms with Crippen LogP contribution in [0.15, 0.2) is 54.6 Å². The van der Waals surface area contributed by atoms with Crippen LogP contribution < -0.4 is 5.32 Å². The molecule has 1 atom stereocenters. The highest BCUT2D eigenvalue weighted by atomic mass is 19.1. The Bertz CT molecular complexity index is 651. The van der Waals surface area contributed by atoms with E-state index in [-0.39, 0.29) is 24.2 Å². The van der Waals surface area contributed by atoms with Crippen LogP contribution in [-0.4, -0.2) is 30.4 Å². The zero-order valence-corrected chi connectivity index (χ0v) is 13.7. The number of rotatable bonds is 6. The van der Waals surface area contributed by atoms with Crippen molar-refractivity contribution in [1.29, 1.82) is 0 Å². The molecule has 3 rings (SSSR count). The van der Waals surface area contributed by atoms with Crippen molar-refractivity contribution in [2.24, 2.45) is 0 Å². The number of carbonyl (C=O) groups is 1. The molecule has 0 bridgehead atoms. The van der Waals surface area contributed by atoms with Gasteiger partial charge in [-0.1, -0.05) is 42.5 Å². The predicted molar refractivity (Wildman–Crippen MR) is 93.1 cm³/mol. The Morgan fingerprint density at radius 3 is 2.38 bits per heavy atom. The third kappa shape index (κ3) is 4.42. The van der Waals surface area contributed by atoms with Gasteiger partial charge in [0, 0.05) is 6.54 Å². The number of amides is 1. The van der Waals surface area contributed by atoms with Crippen LogP contribution in [-0.2, 0) is 11.2 Å². The zero-order chi connectivity index (χ0) is 16.8. The summed E-state index contributed by atoms with van der Waals surface area (Å²) >= 11 is 0. The van der Waals surface area contributed by atoms with Gasteiger partial charge in [-0.05, 0) is 49.2 Å². The highest BCUT2D eigenvalue weighted by molar-refractivity contribution is 5.78. The van der Waals surface area contributed by atoms with E-state index in [4.69, 9.17) is 0 Å². The van der Waals surface area contributed by atoms with Crippen molar-refractivity contribution in [2.45, 2.75) is 25.3 Å². The van der Waals surface area contributed by atoms with Gasteiger partial charge in [-0.25, -0.2) is 4.39 Å². The molecule has 1 aliphatic rings. The molecule has 1 N–H and O–H groups in total. The standard InChI is InChI=1S/C20H23FN2O/c21-18-10-8-16(9-11-18)14-20(24)22-15-19(23-12-4-5-13-23)17-6-2-1-3-7-17/h1-3,6-11,19H,4-5,12-15H2,(H,22,24). The maximum atomic E-state index is 12.9. The van der Waals surface area contributed by atoms with Crippen molar-refractivity contribution in [3.8, 4) is 0 Å². The van der Waals surface area contributed by atoms with Gasteiger partial charge < -0.3 is 5.32 Å². The fraction of sp³-hybridized carbons (Fsp3) is 0.350. The fourth-order valence-corrected chi connectivity index (χ4v) is 3.25. The second-order valence-electron chi connectivity index (χ2n) is 6.28. The molecule has 3 nitrogen and oxygen atoms in total. The number of hydrogen-bond donors (Lipinski definition) is 1. The molecular weight excluding hydrogens is 303 g/mol. The average molecular weight is 326 g/mol. The van der Waals surface area contributed by atoms with Gasteiger partial charge in [-0.2, -0.15) is 0 Å². The summed E-state index contributed by atoms with van der Waals surface area (Å²) in [4.78, 5) is 14.7. The Morgan fingerprint density at radius 2 is 1.71 bits per heavy atom. The molecule has 0 radical (unpaired) electrons. The number of likely N-dealkylation sites (tertiary alicyclic amines) is 1. The van der Waals surface area contributed by atoms with Gasteiger partial charge >= 0.3 is 0 Å². The Kier molecular flexibility index (Phi) is 5.59. The van der Waals surface area contributed by atoms with E-state index in [2.05, 4.69) is 22.3 Å². The van der Waals surface area contributed by atoms with Crippen molar-refractivity contribution in [3.63, 3.8) is 0 Å². The van der Waals surface area contributed by atoms with E-state index in [1.807, 2.05) is 18.2 Å². The van der Waals surface area contributed by atoms with E-state index < -0.39 is 0 Å². The molecule has 0 aliphatic carbocycles. The average Bonchev–Trinajstić information content (AvgIpc) is 3.12. The molecule has 24 heavy (non-hydrogen) atoms. The molecule has 126 valence electrons. The van der Waals surface area contributed by atoms with Gasteiger partial charge in [0.15, 0.2) is 0 Å². The number of benzene rings is 2. The largest absolute Gasteiger partial charge is 0.354 e. The summed E-state index contributed by atoms with van der Waals surface area (Å²) in [5.41, 5.74) is 2.06. The van der Waals surface area contributed by atoms with E-state index >= 15 is 0 Å². The van der Waals surface area contributed by atoms with Crippen LogP contribution in [0.25, 0.3) is 0 Å². The van der Waals surface area contributed by atoms with Crippen molar-refractivity contribution in [1.82, 2.24) is 10.2 Å². The van der Waals surface area contributed by atoms with Crippen LogP contribution in [0.4, 0.5) is 4.39 Å². The number of carbonyl (C=O) groups excluding carboxylic acids is 1. The lowest BCUT2D eigenvalue weighted by atomic mass is 10.1. The van der Waals surface area contributed by atoms with Crippen LogP contribution >= 0.6 is 0 Å². The van der Waals surface area contributed by atoms with Crippen molar-refractivity contribution in [2.75, 3.05) is 19.6 Å². The normalized spacial score (nSPS) is 16.0. The first kappa shape index (κ1) is 16.7. The second-order valence-corrected chi connectivity index (χ2v) is 6.28. The van der Waals surface area contributed by atoms with E-state index in [0.717, 1.165) is 18.7 Å². The highest BCUT2D eigenvalue weighted by Crippen LogP contribution is 2.24. The Morgan fingerprint density at radius 1 is 1.04 bits per heavy atom. The van der Waals surface area contributed by atoms with E-state index in [9.17, 15) is 9.18 Å². The summed E-state index contributed by atoms with van der Waals surface area (Å²) in [6.45, 7) is 2.75. The maximum absolute atomic E-state index is 12.9. The molecule has 1 amide bonds. The second kappa shape index (κ2) is 8.06. The van der Waals surface area contributed by atoms with Crippen molar-refractivity contribution < 1.29 is 9.18 Å². The van der Waals surface area contributed by atoms with Crippen LogP contribution in [0.3, 0.4) is 0 Å². The first-order valence-corrected chi connectivity index (χ1v) is 8.52. The number of halogens is 1. The number of hydrogen-bond acceptors (Lipinski definition) is 2. The van der Waals surface area contributed by atoms with Crippen LogP contribution in [0.5, 0.6) is 0 Å². The van der Waals surface area contributed by atoms with Crippen LogP contribution in [0.1, 0.15) is 30.0 Å². The molecule has 0 saturated carbocycles. The minimum absolute atomic E-state index is 0.0262. The molecule has 0 spiro atoms. The topological polar surface area (TPSA) is 32.3 Å². The molecule has 2 aromatic carbocycles. The van der Waals surface area contributed by atoms with Gasteiger partial charge in [0.25, 0.3) is 0 Å². The lowest BCUT2D eigenvalue weighted by molar-refractivity contribution is -0.120. The quantitative estimate of drug-likeness (QED) is 0.883.